The highest BCUT2D eigenvalue weighted by molar-refractivity contribution is 7.12. The highest BCUT2D eigenvalue weighted by Crippen LogP contribution is 2.34. The van der Waals surface area contributed by atoms with Crippen molar-refractivity contribution in [2.75, 3.05) is 0 Å². The monoisotopic (exact) mass is 304 g/mol. The molecule has 1 heterocycles. The molecule has 0 saturated heterocycles. The third kappa shape index (κ3) is 4.08. The van der Waals surface area contributed by atoms with Crippen LogP contribution in [0.4, 0.5) is 0 Å². The molecule has 0 fully saturated rings. The first-order valence-electron chi connectivity index (χ1n) is 7.32. The molecular formula is C18H24O2S. The maximum atomic E-state index is 10.5. The third-order valence-corrected chi connectivity index (χ3v) is 4.77. The van der Waals surface area contributed by atoms with Gasteiger partial charge in [-0.2, -0.15) is 0 Å². The Morgan fingerprint density at radius 2 is 1.62 bits per heavy atom. The second kappa shape index (κ2) is 6.20. The minimum absolute atomic E-state index is 0.123. The van der Waals surface area contributed by atoms with Gasteiger partial charge in [0.25, 0.3) is 0 Å². The Balaban J connectivity index is 2.16. The van der Waals surface area contributed by atoms with Crippen molar-refractivity contribution in [3.05, 3.63) is 51.7 Å². The second-order valence-corrected chi connectivity index (χ2v) is 7.71. The molecule has 0 aliphatic rings. The molecule has 0 saturated carbocycles. The molecule has 0 spiro atoms. The van der Waals surface area contributed by atoms with Crippen LogP contribution in [-0.2, 0) is 5.41 Å². The second-order valence-electron chi connectivity index (χ2n) is 6.59. The Hall–Kier alpha value is -1.32. The van der Waals surface area contributed by atoms with Crippen LogP contribution in [0.15, 0.2) is 36.4 Å². The maximum absolute atomic E-state index is 10.5. The van der Waals surface area contributed by atoms with E-state index in [1.54, 1.807) is 11.3 Å². The Kier molecular flexibility index (Phi) is 4.74. The molecule has 0 aliphatic heterocycles. The summed E-state index contributed by atoms with van der Waals surface area (Å²) in [5, 5.41) is 10.5. The predicted molar refractivity (Wildman–Crippen MR) is 89.3 cm³/mol. The van der Waals surface area contributed by atoms with E-state index in [0.717, 1.165) is 16.2 Å². The molecule has 1 aromatic heterocycles. The minimum Gasteiger partial charge on any atom is -0.491 e. The van der Waals surface area contributed by atoms with E-state index in [1.807, 2.05) is 44.2 Å². The summed E-state index contributed by atoms with van der Waals surface area (Å²) in [5.74, 6) is 0.836. The molecule has 21 heavy (non-hydrogen) atoms. The normalized spacial score (nSPS) is 13.5. The van der Waals surface area contributed by atoms with Gasteiger partial charge in [0, 0.05) is 9.75 Å². The molecule has 1 unspecified atom stereocenters. The van der Waals surface area contributed by atoms with Crippen LogP contribution >= 0.6 is 11.3 Å². The molecule has 0 amide bonds. The molecule has 2 aromatic rings. The summed E-state index contributed by atoms with van der Waals surface area (Å²) in [4.78, 5) is 2.27. The molecule has 3 heteroatoms. The van der Waals surface area contributed by atoms with Crippen LogP contribution in [0.25, 0.3) is 0 Å². The van der Waals surface area contributed by atoms with Crippen LogP contribution in [0.3, 0.4) is 0 Å². The molecule has 0 radical (unpaired) electrons. The van der Waals surface area contributed by atoms with E-state index in [1.165, 1.54) is 4.88 Å². The SMILES string of the molecule is CC(C)Oc1ccc(C(O)c2ccc(C(C)(C)C)s2)cc1. The van der Waals surface area contributed by atoms with Gasteiger partial charge in [0.1, 0.15) is 11.9 Å². The fraction of sp³-hybridized carbons (Fsp3) is 0.444. The number of ether oxygens (including phenoxy) is 1. The zero-order chi connectivity index (χ0) is 15.6. The van der Waals surface area contributed by atoms with Crippen LogP contribution < -0.4 is 4.74 Å². The van der Waals surface area contributed by atoms with E-state index in [4.69, 9.17) is 4.74 Å². The van der Waals surface area contributed by atoms with E-state index < -0.39 is 6.10 Å². The average molecular weight is 304 g/mol. The summed E-state index contributed by atoms with van der Waals surface area (Å²) >= 11 is 1.68. The van der Waals surface area contributed by atoms with Gasteiger partial charge in [-0.3, -0.25) is 0 Å². The van der Waals surface area contributed by atoms with E-state index >= 15 is 0 Å². The topological polar surface area (TPSA) is 29.5 Å². The van der Waals surface area contributed by atoms with Gasteiger partial charge < -0.3 is 9.84 Å². The van der Waals surface area contributed by atoms with Gasteiger partial charge in [0.05, 0.1) is 6.10 Å². The molecule has 1 N–H and O–H groups in total. The van der Waals surface area contributed by atoms with Crippen molar-refractivity contribution < 1.29 is 9.84 Å². The number of hydrogen-bond acceptors (Lipinski definition) is 3. The number of hydrogen-bond donors (Lipinski definition) is 1. The number of benzene rings is 1. The van der Waals surface area contributed by atoms with E-state index in [2.05, 4.69) is 26.8 Å². The Bertz CT molecular complexity index is 576. The summed E-state index contributed by atoms with van der Waals surface area (Å²) in [5.41, 5.74) is 1.02. The van der Waals surface area contributed by atoms with Crippen LogP contribution in [0, 0.1) is 0 Å². The summed E-state index contributed by atoms with van der Waals surface area (Å²) in [6.07, 6.45) is -0.411. The summed E-state index contributed by atoms with van der Waals surface area (Å²) < 4.78 is 5.62. The van der Waals surface area contributed by atoms with Crippen molar-refractivity contribution in [2.24, 2.45) is 0 Å². The number of thiophene rings is 1. The lowest BCUT2D eigenvalue weighted by Gasteiger charge is -2.16. The van der Waals surface area contributed by atoms with Crippen LogP contribution in [0.2, 0.25) is 0 Å². The van der Waals surface area contributed by atoms with Gasteiger partial charge in [-0.25, -0.2) is 0 Å². The first kappa shape index (κ1) is 16.1. The highest BCUT2D eigenvalue weighted by Gasteiger charge is 2.19. The first-order valence-corrected chi connectivity index (χ1v) is 8.14. The quantitative estimate of drug-likeness (QED) is 0.869. The van der Waals surface area contributed by atoms with Gasteiger partial charge in [-0.15, -0.1) is 11.3 Å². The molecular weight excluding hydrogens is 280 g/mol. The number of aliphatic hydroxyl groups excluding tert-OH is 1. The molecule has 1 atom stereocenters. The van der Waals surface area contributed by atoms with E-state index in [-0.39, 0.29) is 11.5 Å². The van der Waals surface area contributed by atoms with Crippen molar-refractivity contribution in [1.29, 1.82) is 0 Å². The smallest absolute Gasteiger partial charge is 0.119 e. The predicted octanol–water partition coefficient (Wildman–Crippen LogP) is 4.91. The van der Waals surface area contributed by atoms with Crippen LogP contribution in [-0.4, -0.2) is 11.2 Å². The van der Waals surface area contributed by atoms with Crippen molar-refractivity contribution in [2.45, 2.75) is 52.2 Å². The summed E-state index contributed by atoms with van der Waals surface area (Å²) in [6, 6.07) is 11.8. The lowest BCUT2D eigenvalue weighted by Crippen LogP contribution is -2.07. The summed E-state index contributed by atoms with van der Waals surface area (Å²) in [7, 11) is 0. The molecule has 0 aliphatic carbocycles. The molecule has 114 valence electrons. The zero-order valence-electron chi connectivity index (χ0n) is 13.4. The van der Waals surface area contributed by atoms with E-state index in [9.17, 15) is 5.11 Å². The van der Waals surface area contributed by atoms with Crippen molar-refractivity contribution >= 4 is 11.3 Å². The van der Waals surface area contributed by atoms with Crippen molar-refractivity contribution in [3.8, 4) is 5.75 Å². The Morgan fingerprint density at radius 1 is 1.00 bits per heavy atom. The van der Waals surface area contributed by atoms with Gasteiger partial charge >= 0.3 is 0 Å². The van der Waals surface area contributed by atoms with Gasteiger partial charge in [0.15, 0.2) is 0 Å². The standard InChI is InChI=1S/C18H24O2S/c1-12(2)20-14-8-6-13(7-9-14)17(19)15-10-11-16(21-15)18(3,4)5/h6-12,17,19H,1-5H3. The third-order valence-electron chi connectivity index (χ3n) is 3.20. The van der Waals surface area contributed by atoms with E-state index in [0.29, 0.717) is 0 Å². The van der Waals surface area contributed by atoms with Crippen LogP contribution in [0.1, 0.15) is 56.0 Å². The largest absolute Gasteiger partial charge is 0.491 e. The lowest BCUT2D eigenvalue weighted by atomic mass is 9.95. The van der Waals surface area contributed by atoms with Gasteiger partial charge in [-0.05, 0) is 49.1 Å². The zero-order valence-corrected chi connectivity index (χ0v) is 14.2. The molecule has 0 bridgehead atoms. The lowest BCUT2D eigenvalue weighted by molar-refractivity contribution is 0.223. The van der Waals surface area contributed by atoms with Crippen molar-refractivity contribution in [3.63, 3.8) is 0 Å². The minimum atomic E-state index is -0.570. The Labute approximate surface area is 131 Å². The Morgan fingerprint density at radius 3 is 2.10 bits per heavy atom. The highest BCUT2D eigenvalue weighted by atomic mass is 32.1. The van der Waals surface area contributed by atoms with Crippen LogP contribution in [0.5, 0.6) is 5.75 Å². The van der Waals surface area contributed by atoms with Gasteiger partial charge in [-0.1, -0.05) is 32.9 Å². The fourth-order valence-corrected chi connectivity index (χ4v) is 3.15. The molecule has 1 aromatic carbocycles. The van der Waals surface area contributed by atoms with Gasteiger partial charge in [0.2, 0.25) is 0 Å². The number of rotatable bonds is 4. The molecule has 2 nitrogen and oxygen atoms in total. The first-order chi connectivity index (χ1) is 9.77. The summed E-state index contributed by atoms with van der Waals surface area (Å²) in [6.45, 7) is 10.6. The fourth-order valence-electron chi connectivity index (χ4n) is 2.07. The number of aliphatic hydroxyl groups is 1. The molecule has 2 rings (SSSR count). The van der Waals surface area contributed by atoms with Crippen molar-refractivity contribution in [1.82, 2.24) is 0 Å². The maximum Gasteiger partial charge on any atom is 0.119 e. The average Bonchev–Trinajstić information content (AvgIpc) is 2.87.